The smallest absolute Gasteiger partial charge is 0.253 e. The number of amides is 2. The summed E-state index contributed by atoms with van der Waals surface area (Å²) < 4.78 is 1.81. The zero-order valence-corrected chi connectivity index (χ0v) is 18.9. The number of nitrogens with zero attached hydrogens (tertiary/aromatic N) is 4. The van der Waals surface area contributed by atoms with Crippen molar-refractivity contribution in [2.24, 2.45) is 7.05 Å². The Balaban J connectivity index is 1.42. The van der Waals surface area contributed by atoms with Gasteiger partial charge in [0.2, 0.25) is 0 Å². The molecule has 1 saturated carbocycles. The molecule has 0 atom stereocenters. The number of benzene rings is 1. The second kappa shape index (κ2) is 8.04. The number of rotatable bonds is 4. The van der Waals surface area contributed by atoms with Crippen LogP contribution in [0.3, 0.4) is 0 Å². The maximum Gasteiger partial charge on any atom is 0.253 e. The SMILES string of the molecule is CNC(=O)c1cc(C2CC2)nc2c1c(C1CCN(C(=O)c3ccc(C)cc3)CC1)nn2C. The third-order valence-corrected chi connectivity index (χ3v) is 6.78. The molecule has 7 nitrogen and oxygen atoms in total. The summed E-state index contributed by atoms with van der Waals surface area (Å²) in [6.45, 7) is 3.38. The van der Waals surface area contributed by atoms with Crippen molar-refractivity contribution in [2.45, 2.75) is 44.4 Å². The summed E-state index contributed by atoms with van der Waals surface area (Å²) in [6.07, 6.45) is 3.90. The van der Waals surface area contributed by atoms with Gasteiger partial charge in [0, 0.05) is 50.3 Å². The molecule has 0 radical (unpaired) electrons. The van der Waals surface area contributed by atoms with Gasteiger partial charge >= 0.3 is 0 Å². The Kier molecular flexibility index (Phi) is 5.19. The van der Waals surface area contributed by atoms with Crippen LogP contribution >= 0.6 is 0 Å². The van der Waals surface area contributed by atoms with Crippen molar-refractivity contribution < 1.29 is 9.59 Å². The molecule has 1 aliphatic heterocycles. The van der Waals surface area contributed by atoms with Crippen LogP contribution in [0.2, 0.25) is 0 Å². The molecule has 166 valence electrons. The molecule has 3 heterocycles. The highest BCUT2D eigenvalue weighted by atomic mass is 16.2. The van der Waals surface area contributed by atoms with Crippen molar-refractivity contribution in [3.05, 3.63) is 58.4 Å². The van der Waals surface area contributed by atoms with E-state index in [4.69, 9.17) is 10.1 Å². The number of pyridine rings is 1. The van der Waals surface area contributed by atoms with E-state index in [1.54, 1.807) is 7.05 Å². The van der Waals surface area contributed by atoms with E-state index in [1.165, 1.54) is 0 Å². The Morgan fingerprint density at radius 1 is 1.03 bits per heavy atom. The predicted molar refractivity (Wildman–Crippen MR) is 123 cm³/mol. The van der Waals surface area contributed by atoms with Gasteiger partial charge in [0.25, 0.3) is 11.8 Å². The lowest BCUT2D eigenvalue weighted by molar-refractivity contribution is 0.0712. The van der Waals surface area contributed by atoms with E-state index in [0.29, 0.717) is 24.6 Å². The number of aryl methyl sites for hydroxylation is 2. The predicted octanol–water partition coefficient (Wildman–Crippen LogP) is 3.53. The summed E-state index contributed by atoms with van der Waals surface area (Å²) in [6, 6.07) is 9.70. The molecule has 1 N–H and O–H groups in total. The zero-order valence-electron chi connectivity index (χ0n) is 18.9. The minimum Gasteiger partial charge on any atom is -0.355 e. The van der Waals surface area contributed by atoms with E-state index in [1.807, 2.05) is 53.9 Å². The average molecular weight is 432 g/mol. The van der Waals surface area contributed by atoms with Gasteiger partial charge in [-0.05, 0) is 50.8 Å². The summed E-state index contributed by atoms with van der Waals surface area (Å²) in [4.78, 5) is 32.5. The van der Waals surface area contributed by atoms with E-state index in [2.05, 4.69) is 5.32 Å². The van der Waals surface area contributed by atoms with E-state index in [-0.39, 0.29) is 17.7 Å². The molecule has 2 fully saturated rings. The van der Waals surface area contributed by atoms with Crippen molar-refractivity contribution in [1.29, 1.82) is 0 Å². The molecule has 0 unspecified atom stereocenters. The fourth-order valence-corrected chi connectivity index (χ4v) is 4.72. The summed E-state index contributed by atoms with van der Waals surface area (Å²) in [7, 11) is 3.57. The first-order valence-corrected chi connectivity index (χ1v) is 11.4. The molecule has 32 heavy (non-hydrogen) atoms. The molecule has 2 amide bonds. The first-order chi connectivity index (χ1) is 15.5. The first kappa shape index (κ1) is 20.7. The van der Waals surface area contributed by atoms with E-state index in [9.17, 15) is 9.59 Å². The quantitative estimate of drug-likeness (QED) is 0.685. The van der Waals surface area contributed by atoms with Crippen molar-refractivity contribution in [3.63, 3.8) is 0 Å². The lowest BCUT2D eigenvalue weighted by Crippen LogP contribution is -2.38. The summed E-state index contributed by atoms with van der Waals surface area (Å²) in [5.41, 5.74) is 5.24. The van der Waals surface area contributed by atoms with Gasteiger partial charge in [-0.15, -0.1) is 0 Å². The van der Waals surface area contributed by atoms with Gasteiger partial charge in [-0.1, -0.05) is 17.7 Å². The number of fused-ring (bicyclic) bond motifs is 1. The number of hydrogen-bond acceptors (Lipinski definition) is 4. The topological polar surface area (TPSA) is 80.1 Å². The molecular weight excluding hydrogens is 402 g/mol. The highest BCUT2D eigenvalue weighted by Gasteiger charge is 2.32. The molecule has 1 saturated heterocycles. The summed E-state index contributed by atoms with van der Waals surface area (Å²) in [5, 5.41) is 8.47. The Hall–Kier alpha value is -3.22. The maximum atomic E-state index is 12.9. The Morgan fingerprint density at radius 2 is 1.72 bits per heavy atom. The molecule has 0 bridgehead atoms. The largest absolute Gasteiger partial charge is 0.355 e. The van der Waals surface area contributed by atoms with Crippen LogP contribution in [0.5, 0.6) is 0 Å². The fourth-order valence-electron chi connectivity index (χ4n) is 4.72. The fraction of sp³-hybridized carbons (Fsp3) is 0.440. The number of hydrogen-bond donors (Lipinski definition) is 1. The number of nitrogens with one attached hydrogen (secondary N) is 1. The molecule has 5 rings (SSSR count). The molecule has 2 aliphatic rings. The number of carbonyl (C=O) groups is 2. The normalized spacial score (nSPS) is 17.0. The molecule has 3 aromatic rings. The third-order valence-electron chi connectivity index (χ3n) is 6.78. The van der Waals surface area contributed by atoms with Crippen LogP contribution in [-0.4, -0.2) is 51.6 Å². The van der Waals surface area contributed by atoms with Crippen LogP contribution in [0.25, 0.3) is 11.0 Å². The van der Waals surface area contributed by atoms with Crippen LogP contribution in [0.4, 0.5) is 0 Å². The van der Waals surface area contributed by atoms with E-state index < -0.39 is 0 Å². The second-order valence-corrected chi connectivity index (χ2v) is 9.09. The average Bonchev–Trinajstić information content (AvgIpc) is 3.62. The molecule has 7 heteroatoms. The molecular formula is C25H29N5O2. The van der Waals surface area contributed by atoms with Gasteiger partial charge in [0.1, 0.15) is 0 Å². The van der Waals surface area contributed by atoms with Gasteiger partial charge in [-0.2, -0.15) is 5.10 Å². The first-order valence-electron chi connectivity index (χ1n) is 11.4. The number of likely N-dealkylation sites (tertiary alicyclic amines) is 1. The van der Waals surface area contributed by atoms with Gasteiger partial charge in [-0.25, -0.2) is 4.98 Å². The maximum absolute atomic E-state index is 12.9. The Labute approximate surface area is 187 Å². The van der Waals surface area contributed by atoms with Crippen LogP contribution in [-0.2, 0) is 7.05 Å². The third kappa shape index (κ3) is 3.66. The zero-order chi connectivity index (χ0) is 22.4. The number of carbonyl (C=O) groups excluding carboxylic acids is 2. The van der Waals surface area contributed by atoms with Crippen molar-refractivity contribution in [1.82, 2.24) is 25.0 Å². The lowest BCUT2D eigenvalue weighted by atomic mass is 9.90. The minimum atomic E-state index is -0.0967. The number of piperidine rings is 1. The minimum absolute atomic E-state index is 0.0797. The van der Waals surface area contributed by atoms with Crippen molar-refractivity contribution in [3.8, 4) is 0 Å². The molecule has 2 aromatic heterocycles. The standard InChI is InChI=1S/C25H29N5O2/c1-15-4-6-18(7-5-15)25(32)30-12-10-17(11-13-30)22-21-19(24(31)26-2)14-20(16-8-9-16)27-23(21)29(3)28-22/h4-7,14,16-17H,8-13H2,1-3H3,(H,26,31). The highest BCUT2D eigenvalue weighted by molar-refractivity contribution is 6.06. The van der Waals surface area contributed by atoms with Gasteiger partial charge in [-0.3, -0.25) is 14.3 Å². The van der Waals surface area contributed by atoms with Crippen LogP contribution in [0, 0.1) is 6.92 Å². The Morgan fingerprint density at radius 3 is 2.34 bits per heavy atom. The highest BCUT2D eigenvalue weighted by Crippen LogP contribution is 2.41. The summed E-state index contributed by atoms with van der Waals surface area (Å²) >= 11 is 0. The van der Waals surface area contributed by atoms with Gasteiger partial charge in [0.05, 0.1) is 16.6 Å². The van der Waals surface area contributed by atoms with Crippen LogP contribution in [0.1, 0.15) is 75.2 Å². The monoisotopic (exact) mass is 431 g/mol. The second-order valence-electron chi connectivity index (χ2n) is 9.09. The summed E-state index contributed by atoms with van der Waals surface area (Å²) in [5.74, 6) is 0.631. The van der Waals surface area contributed by atoms with Crippen molar-refractivity contribution >= 4 is 22.8 Å². The van der Waals surface area contributed by atoms with Gasteiger partial charge in [0.15, 0.2) is 5.65 Å². The molecule has 1 aliphatic carbocycles. The molecule has 0 spiro atoms. The van der Waals surface area contributed by atoms with E-state index in [0.717, 1.165) is 59.2 Å². The van der Waals surface area contributed by atoms with Gasteiger partial charge < -0.3 is 10.2 Å². The molecule has 1 aromatic carbocycles. The Bertz CT molecular complexity index is 1190. The van der Waals surface area contributed by atoms with Crippen molar-refractivity contribution in [2.75, 3.05) is 20.1 Å². The van der Waals surface area contributed by atoms with E-state index >= 15 is 0 Å². The number of aromatic nitrogens is 3. The van der Waals surface area contributed by atoms with Crippen LogP contribution in [0.15, 0.2) is 30.3 Å². The lowest BCUT2D eigenvalue weighted by Gasteiger charge is -2.31. The van der Waals surface area contributed by atoms with Crippen LogP contribution < -0.4 is 5.32 Å².